The van der Waals surface area contributed by atoms with Gasteiger partial charge in [-0.2, -0.15) is 0 Å². The van der Waals surface area contributed by atoms with Gasteiger partial charge in [0.1, 0.15) is 0 Å². The molecule has 1 heterocycles. The van der Waals surface area contributed by atoms with Crippen LogP contribution in [0.4, 0.5) is 0 Å². The van der Waals surface area contributed by atoms with Crippen molar-refractivity contribution >= 4 is 0 Å². The summed E-state index contributed by atoms with van der Waals surface area (Å²) in [5.41, 5.74) is 0.00196. The maximum Gasteiger partial charge on any atom is 0.0612 e. The first-order valence-corrected chi connectivity index (χ1v) is 9.83. The first-order valence-electron chi connectivity index (χ1n) is 9.83. The molecule has 2 aliphatic rings. The molecule has 0 aromatic heterocycles. The van der Waals surface area contributed by atoms with Crippen LogP contribution in [0.2, 0.25) is 0 Å². The van der Waals surface area contributed by atoms with Gasteiger partial charge in [-0.05, 0) is 93.2 Å². The lowest BCUT2D eigenvalue weighted by Crippen LogP contribution is -2.54. The Bertz CT molecular complexity index is 347. The highest BCUT2D eigenvalue weighted by Gasteiger charge is 2.38. The van der Waals surface area contributed by atoms with Crippen molar-refractivity contribution < 1.29 is 4.74 Å². The summed E-state index contributed by atoms with van der Waals surface area (Å²) in [7, 11) is 0. The third kappa shape index (κ3) is 5.72. The average Bonchev–Trinajstić information content (AvgIpc) is 2.39. The molecular weight excluding hydrogens is 284 g/mol. The van der Waals surface area contributed by atoms with Crippen molar-refractivity contribution in [2.24, 2.45) is 5.92 Å². The minimum absolute atomic E-state index is 0.00196. The molecule has 1 saturated heterocycles. The highest BCUT2D eigenvalue weighted by atomic mass is 16.5. The van der Waals surface area contributed by atoms with E-state index in [1.165, 1.54) is 45.3 Å². The van der Waals surface area contributed by atoms with Crippen LogP contribution >= 0.6 is 0 Å². The Hall–Kier alpha value is -0.120. The quantitative estimate of drug-likeness (QED) is 0.729. The lowest BCUT2D eigenvalue weighted by atomic mass is 9.85. The first kappa shape index (κ1) is 19.2. The van der Waals surface area contributed by atoms with Crippen LogP contribution in [0.25, 0.3) is 0 Å². The SMILES string of the molecule is CC(C)N1CCC(CN(C(C)C)[C@H]2C[C@H](OC(C)(C)C)C2)CC1. The van der Waals surface area contributed by atoms with Crippen molar-refractivity contribution in [3.63, 3.8) is 0 Å². The van der Waals surface area contributed by atoms with E-state index in [4.69, 9.17) is 4.74 Å². The Balaban J connectivity index is 1.78. The Kier molecular flexibility index (Phi) is 6.55. The van der Waals surface area contributed by atoms with E-state index in [0.29, 0.717) is 18.2 Å². The Labute approximate surface area is 144 Å². The number of likely N-dealkylation sites (tertiary alicyclic amines) is 1. The van der Waals surface area contributed by atoms with Gasteiger partial charge in [0.05, 0.1) is 11.7 Å². The van der Waals surface area contributed by atoms with E-state index in [1.54, 1.807) is 0 Å². The molecule has 0 amide bonds. The second kappa shape index (κ2) is 7.84. The van der Waals surface area contributed by atoms with E-state index in [-0.39, 0.29) is 5.60 Å². The fourth-order valence-corrected chi connectivity index (χ4v) is 4.14. The molecule has 0 unspecified atom stereocenters. The Morgan fingerprint density at radius 1 is 1.04 bits per heavy atom. The number of hydrogen-bond acceptors (Lipinski definition) is 3. The Morgan fingerprint density at radius 3 is 2.04 bits per heavy atom. The van der Waals surface area contributed by atoms with Crippen LogP contribution in [0.5, 0.6) is 0 Å². The minimum Gasteiger partial charge on any atom is -0.373 e. The maximum absolute atomic E-state index is 6.13. The molecule has 0 spiro atoms. The molecule has 1 aliphatic carbocycles. The monoisotopic (exact) mass is 324 g/mol. The summed E-state index contributed by atoms with van der Waals surface area (Å²) < 4.78 is 6.13. The molecule has 2 rings (SSSR count). The number of nitrogens with zero attached hydrogens (tertiary/aromatic N) is 2. The third-order valence-corrected chi connectivity index (χ3v) is 5.57. The van der Waals surface area contributed by atoms with Gasteiger partial charge in [0.15, 0.2) is 0 Å². The van der Waals surface area contributed by atoms with Crippen LogP contribution in [0, 0.1) is 5.92 Å². The fraction of sp³-hybridized carbons (Fsp3) is 1.00. The van der Waals surface area contributed by atoms with Gasteiger partial charge in [0.2, 0.25) is 0 Å². The van der Waals surface area contributed by atoms with Crippen molar-refractivity contribution in [3.8, 4) is 0 Å². The van der Waals surface area contributed by atoms with E-state index >= 15 is 0 Å². The summed E-state index contributed by atoms with van der Waals surface area (Å²) in [6.07, 6.45) is 5.66. The normalized spacial score (nSPS) is 27.9. The molecule has 136 valence electrons. The van der Waals surface area contributed by atoms with E-state index < -0.39 is 0 Å². The Morgan fingerprint density at radius 2 is 1.61 bits per heavy atom. The lowest BCUT2D eigenvalue weighted by Gasteiger charge is -2.48. The summed E-state index contributed by atoms with van der Waals surface area (Å²) >= 11 is 0. The number of piperidine rings is 1. The van der Waals surface area contributed by atoms with E-state index in [9.17, 15) is 0 Å². The molecule has 0 radical (unpaired) electrons. The topological polar surface area (TPSA) is 15.7 Å². The zero-order valence-corrected chi connectivity index (χ0v) is 16.6. The van der Waals surface area contributed by atoms with Crippen LogP contribution in [0.1, 0.15) is 74.1 Å². The van der Waals surface area contributed by atoms with Gasteiger partial charge in [-0.25, -0.2) is 0 Å². The molecule has 3 heteroatoms. The van der Waals surface area contributed by atoms with Gasteiger partial charge in [-0.15, -0.1) is 0 Å². The van der Waals surface area contributed by atoms with Gasteiger partial charge in [0, 0.05) is 24.7 Å². The largest absolute Gasteiger partial charge is 0.373 e. The summed E-state index contributed by atoms with van der Waals surface area (Å²) in [6, 6.07) is 2.10. The average molecular weight is 325 g/mol. The predicted molar refractivity (Wildman–Crippen MR) is 98.9 cm³/mol. The van der Waals surface area contributed by atoms with E-state index in [1.807, 2.05) is 0 Å². The molecule has 3 nitrogen and oxygen atoms in total. The first-order chi connectivity index (χ1) is 10.7. The van der Waals surface area contributed by atoms with Crippen LogP contribution in [0.15, 0.2) is 0 Å². The van der Waals surface area contributed by atoms with Crippen molar-refractivity contribution in [2.75, 3.05) is 19.6 Å². The van der Waals surface area contributed by atoms with Gasteiger partial charge < -0.3 is 9.64 Å². The van der Waals surface area contributed by atoms with Crippen LogP contribution in [-0.4, -0.2) is 59.3 Å². The molecule has 1 aliphatic heterocycles. The van der Waals surface area contributed by atoms with Crippen molar-refractivity contribution in [1.82, 2.24) is 9.80 Å². The number of hydrogen-bond donors (Lipinski definition) is 0. The minimum atomic E-state index is 0.00196. The summed E-state index contributed by atoms with van der Waals surface area (Å²) in [6.45, 7) is 19.7. The molecule has 0 N–H and O–H groups in total. The zero-order chi connectivity index (χ0) is 17.2. The van der Waals surface area contributed by atoms with Crippen LogP contribution in [-0.2, 0) is 4.74 Å². The van der Waals surface area contributed by atoms with E-state index in [2.05, 4.69) is 58.3 Å². The van der Waals surface area contributed by atoms with Gasteiger partial charge in [0.25, 0.3) is 0 Å². The lowest BCUT2D eigenvalue weighted by molar-refractivity contribution is -0.125. The molecule has 1 saturated carbocycles. The second-order valence-electron chi connectivity index (χ2n) is 9.34. The molecule has 2 fully saturated rings. The smallest absolute Gasteiger partial charge is 0.0612 e. The van der Waals surface area contributed by atoms with Crippen molar-refractivity contribution in [1.29, 1.82) is 0 Å². The summed E-state index contributed by atoms with van der Waals surface area (Å²) in [5.74, 6) is 0.884. The second-order valence-corrected chi connectivity index (χ2v) is 9.34. The fourth-order valence-electron chi connectivity index (χ4n) is 4.14. The highest BCUT2D eigenvalue weighted by Crippen LogP contribution is 2.34. The van der Waals surface area contributed by atoms with E-state index in [0.717, 1.165) is 12.0 Å². The van der Waals surface area contributed by atoms with Crippen molar-refractivity contribution in [3.05, 3.63) is 0 Å². The zero-order valence-electron chi connectivity index (χ0n) is 16.6. The molecule has 0 atom stereocenters. The van der Waals surface area contributed by atoms with Gasteiger partial charge in [-0.1, -0.05) is 0 Å². The molecular formula is C20H40N2O. The summed E-state index contributed by atoms with van der Waals surface area (Å²) in [4.78, 5) is 5.39. The van der Waals surface area contributed by atoms with Crippen LogP contribution in [0.3, 0.4) is 0 Å². The maximum atomic E-state index is 6.13. The van der Waals surface area contributed by atoms with Crippen molar-refractivity contribution in [2.45, 2.75) is 104 Å². The van der Waals surface area contributed by atoms with Crippen LogP contribution < -0.4 is 0 Å². The molecule has 0 aromatic rings. The highest BCUT2D eigenvalue weighted by molar-refractivity contribution is 4.92. The number of ether oxygens (including phenoxy) is 1. The standard InChI is InChI=1S/C20H40N2O/c1-15(2)21-10-8-17(9-11-21)14-22(16(3)4)18-12-19(13-18)23-20(5,6)7/h15-19H,8-14H2,1-7H3/t18-,19-. The summed E-state index contributed by atoms with van der Waals surface area (Å²) in [5, 5.41) is 0. The molecule has 0 bridgehead atoms. The number of rotatable bonds is 6. The molecule has 0 aromatic carbocycles. The molecule has 23 heavy (non-hydrogen) atoms. The van der Waals surface area contributed by atoms with Gasteiger partial charge in [-0.3, -0.25) is 4.90 Å². The third-order valence-electron chi connectivity index (χ3n) is 5.57. The predicted octanol–water partition coefficient (Wildman–Crippen LogP) is 4.16. The van der Waals surface area contributed by atoms with Gasteiger partial charge >= 0.3 is 0 Å².